The molecule has 0 saturated heterocycles. The first-order chi connectivity index (χ1) is 8.61. The fourth-order valence-corrected chi connectivity index (χ4v) is 3.03. The Hall–Kier alpha value is -1.38. The van der Waals surface area contributed by atoms with E-state index in [-0.39, 0.29) is 6.04 Å². The number of anilines is 1. The van der Waals surface area contributed by atoms with Crippen LogP contribution in [-0.2, 0) is 0 Å². The van der Waals surface area contributed by atoms with Crippen molar-refractivity contribution in [3.8, 4) is 6.07 Å². The van der Waals surface area contributed by atoms with Gasteiger partial charge in [0.05, 0.1) is 28.9 Å². The Balaban J connectivity index is 2.20. The highest BCUT2D eigenvalue weighted by molar-refractivity contribution is 9.10. The summed E-state index contributed by atoms with van der Waals surface area (Å²) in [6, 6.07) is 7.85. The fraction of sp³-hybridized carbons (Fsp3) is 0.231. The molecule has 0 radical (unpaired) electrons. The number of nitriles is 1. The van der Waals surface area contributed by atoms with E-state index in [0.29, 0.717) is 5.56 Å². The van der Waals surface area contributed by atoms with Gasteiger partial charge in [0.2, 0.25) is 0 Å². The number of aryl methyl sites for hydroxylation is 1. The van der Waals surface area contributed by atoms with E-state index < -0.39 is 0 Å². The molecule has 18 heavy (non-hydrogen) atoms. The highest BCUT2D eigenvalue weighted by Gasteiger charge is 2.12. The monoisotopic (exact) mass is 321 g/mol. The molecule has 1 heterocycles. The molecule has 0 spiro atoms. The molecule has 0 aliphatic heterocycles. The molecule has 1 N–H and O–H groups in total. The average Bonchev–Trinajstić information content (AvgIpc) is 2.78. The summed E-state index contributed by atoms with van der Waals surface area (Å²) in [5, 5.41) is 12.2. The highest BCUT2D eigenvalue weighted by Crippen LogP contribution is 2.29. The maximum absolute atomic E-state index is 8.82. The summed E-state index contributed by atoms with van der Waals surface area (Å²) in [6.45, 7) is 4.11. The molecule has 0 amide bonds. The van der Waals surface area contributed by atoms with Crippen LogP contribution in [0.5, 0.6) is 0 Å². The van der Waals surface area contributed by atoms with Crippen molar-refractivity contribution >= 4 is 33.0 Å². The summed E-state index contributed by atoms with van der Waals surface area (Å²) in [6.07, 6.45) is 0. The van der Waals surface area contributed by atoms with E-state index in [1.54, 1.807) is 17.4 Å². The minimum absolute atomic E-state index is 0.196. The summed E-state index contributed by atoms with van der Waals surface area (Å²) in [7, 11) is 0. The number of aromatic nitrogens is 1. The Morgan fingerprint density at radius 2 is 2.28 bits per heavy atom. The van der Waals surface area contributed by atoms with Gasteiger partial charge in [0.1, 0.15) is 0 Å². The summed E-state index contributed by atoms with van der Waals surface area (Å²) >= 11 is 5.12. The first kappa shape index (κ1) is 13.1. The van der Waals surface area contributed by atoms with Crippen LogP contribution < -0.4 is 5.32 Å². The molecule has 92 valence electrons. The molecule has 1 atom stereocenters. The lowest BCUT2D eigenvalue weighted by Gasteiger charge is -2.15. The summed E-state index contributed by atoms with van der Waals surface area (Å²) in [4.78, 5) is 5.48. The quantitative estimate of drug-likeness (QED) is 0.918. The van der Waals surface area contributed by atoms with Gasteiger partial charge in [-0.3, -0.25) is 0 Å². The number of thiazole rings is 1. The number of nitrogens with one attached hydrogen (secondary N) is 1. The van der Waals surface area contributed by atoms with E-state index in [1.165, 1.54) is 4.88 Å². The molecule has 5 heteroatoms. The Labute approximate surface area is 119 Å². The van der Waals surface area contributed by atoms with E-state index >= 15 is 0 Å². The molecule has 2 rings (SSSR count). The second kappa shape index (κ2) is 5.51. The van der Waals surface area contributed by atoms with Crippen LogP contribution in [0.2, 0.25) is 0 Å². The van der Waals surface area contributed by atoms with Crippen LogP contribution in [0.4, 0.5) is 5.69 Å². The molecule has 3 nitrogen and oxygen atoms in total. The van der Waals surface area contributed by atoms with Gasteiger partial charge in [-0.15, -0.1) is 11.3 Å². The van der Waals surface area contributed by atoms with Gasteiger partial charge in [-0.25, -0.2) is 4.98 Å². The molecule has 2 aromatic rings. The number of benzene rings is 1. The van der Waals surface area contributed by atoms with Crippen molar-refractivity contribution in [1.82, 2.24) is 4.98 Å². The Morgan fingerprint density at radius 1 is 1.50 bits per heavy atom. The zero-order valence-electron chi connectivity index (χ0n) is 10.1. The summed E-state index contributed by atoms with van der Waals surface area (Å²) < 4.78 is 0.899. The molecule has 0 saturated carbocycles. The van der Waals surface area contributed by atoms with Crippen LogP contribution in [0.1, 0.15) is 29.1 Å². The van der Waals surface area contributed by atoms with E-state index in [1.807, 2.05) is 24.6 Å². The van der Waals surface area contributed by atoms with E-state index in [4.69, 9.17) is 5.26 Å². The van der Waals surface area contributed by atoms with Crippen LogP contribution in [0, 0.1) is 18.3 Å². The number of halogens is 1. The molecule has 0 fully saturated rings. The van der Waals surface area contributed by atoms with Gasteiger partial charge < -0.3 is 5.32 Å². The number of nitrogens with zero attached hydrogens (tertiary/aromatic N) is 2. The normalized spacial score (nSPS) is 11.9. The zero-order chi connectivity index (χ0) is 13.1. The van der Waals surface area contributed by atoms with E-state index in [0.717, 1.165) is 15.9 Å². The third-order valence-corrected chi connectivity index (χ3v) is 4.42. The van der Waals surface area contributed by atoms with Crippen LogP contribution in [0.25, 0.3) is 0 Å². The minimum atomic E-state index is 0.196. The van der Waals surface area contributed by atoms with E-state index in [2.05, 4.69) is 39.2 Å². The predicted molar refractivity (Wildman–Crippen MR) is 77.7 cm³/mol. The first-order valence-corrected chi connectivity index (χ1v) is 7.15. The van der Waals surface area contributed by atoms with Crippen LogP contribution in [-0.4, -0.2) is 4.98 Å². The third-order valence-electron chi connectivity index (χ3n) is 2.65. The second-order valence-corrected chi connectivity index (χ2v) is 5.72. The molecular formula is C13H12BrN3S. The van der Waals surface area contributed by atoms with Gasteiger partial charge in [-0.1, -0.05) is 0 Å². The lowest BCUT2D eigenvalue weighted by molar-refractivity contribution is 0.889. The highest BCUT2D eigenvalue weighted by atomic mass is 79.9. The maximum atomic E-state index is 8.82. The largest absolute Gasteiger partial charge is 0.377 e. The van der Waals surface area contributed by atoms with Crippen molar-refractivity contribution in [2.24, 2.45) is 0 Å². The standard InChI is InChI=1S/C13H12BrN3S/c1-8-13(18-7-16-8)9(2)17-12-4-3-10(6-15)5-11(12)14/h3-5,7,9,17H,1-2H3. The Morgan fingerprint density at radius 3 is 2.83 bits per heavy atom. The van der Waals surface area contributed by atoms with Gasteiger partial charge in [0.25, 0.3) is 0 Å². The van der Waals surface area contributed by atoms with Crippen molar-refractivity contribution in [2.45, 2.75) is 19.9 Å². The second-order valence-electron chi connectivity index (χ2n) is 3.97. The maximum Gasteiger partial charge on any atom is 0.0992 e. The topological polar surface area (TPSA) is 48.7 Å². The molecule has 1 aromatic carbocycles. The molecule has 1 unspecified atom stereocenters. The van der Waals surface area contributed by atoms with Crippen LogP contribution >= 0.6 is 27.3 Å². The van der Waals surface area contributed by atoms with Crippen molar-refractivity contribution < 1.29 is 0 Å². The van der Waals surface area contributed by atoms with Crippen molar-refractivity contribution in [2.75, 3.05) is 5.32 Å². The van der Waals surface area contributed by atoms with Crippen molar-refractivity contribution in [1.29, 1.82) is 5.26 Å². The molecular weight excluding hydrogens is 310 g/mol. The van der Waals surface area contributed by atoms with Gasteiger partial charge in [0.15, 0.2) is 0 Å². The van der Waals surface area contributed by atoms with Crippen LogP contribution in [0.3, 0.4) is 0 Å². The Kier molecular flexibility index (Phi) is 4.00. The first-order valence-electron chi connectivity index (χ1n) is 5.48. The van der Waals surface area contributed by atoms with Gasteiger partial charge in [-0.2, -0.15) is 5.26 Å². The molecule has 0 bridgehead atoms. The average molecular weight is 322 g/mol. The number of hydrogen-bond acceptors (Lipinski definition) is 4. The molecule has 0 aliphatic carbocycles. The van der Waals surface area contributed by atoms with Crippen LogP contribution in [0.15, 0.2) is 28.2 Å². The van der Waals surface area contributed by atoms with Gasteiger partial charge >= 0.3 is 0 Å². The van der Waals surface area contributed by atoms with E-state index in [9.17, 15) is 0 Å². The summed E-state index contributed by atoms with van der Waals surface area (Å²) in [5.41, 5.74) is 4.55. The lowest BCUT2D eigenvalue weighted by Crippen LogP contribution is -2.06. The summed E-state index contributed by atoms with van der Waals surface area (Å²) in [5.74, 6) is 0. The van der Waals surface area contributed by atoms with Gasteiger partial charge in [-0.05, 0) is 48.0 Å². The Bertz CT molecular complexity index is 601. The number of rotatable bonds is 3. The lowest BCUT2D eigenvalue weighted by atomic mass is 10.2. The minimum Gasteiger partial charge on any atom is -0.377 e. The zero-order valence-corrected chi connectivity index (χ0v) is 12.5. The fourth-order valence-electron chi connectivity index (χ4n) is 1.73. The van der Waals surface area contributed by atoms with Gasteiger partial charge in [0, 0.05) is 15.0 Å². The smallest absolute Gasteiger partial charge is 0.0992 e. The molecule has 0 aliphatic rings. The van der Waals surface area contributed by atoms with Crippen molar-refractivity contribution in [3.05, 3.63) is 44.3 Å². The molecule has 1 aromatic heterocycles. The SMILES string of the molecule is Cc1ncsc1C(C)Nc1ccc(C#N)cc1Br. The predicted octanol–water partition coefficient (Wildman–Crippen LogP) is 4.26. The van der Waals surface area contributed by atoms with Crippen molar-refractivity contribution in [3.63, 3.8) is 0 Å². The number of hydrogen-bond donors (Lipinski definition) is 1. The third kappa shape index (κ3) is 2.71.